The summed E-state index contributed by atoms with van der Waals surface area (Å²) in [5, 5.41) is 7.16. The van der Waals surface area contributed by atoms with Crippen molar-refractivity contribution in [3.05, 3.63) is 95.6 Å². The van der Waals surface area contributed by atoms with Crippen LogP contribution in [0, 0.1) is 6.92 Å². The molecule has 0 saturated heterocycles. The Bertz CT molecular complexity index is 1180. The lowest BCUT2D eigenvalue weighted by Crippen LogP contribution is -2.12. The van der Waals surface area contributed by atoms with Crippen molar-refractivity contribution in [2.45, 2.75) is 20.1 Å². The summed E-state index contributed by atoms with van der Waals surface area (Å²) < 4.78 is 18.3. The zero-order valence-electron chi connectivity index (χ0n) is 17.4. The Balaban J connectivity index is 1.33. The largest absolute Gasteiger partial charge is 0.497 e. The van der Waals surface area contributed by atoms with Crippen molar-refractivity contribution in [3.63, 3.8) is 0 Å². The highest BCUT2D eigenvalue weighted by molar-refractivity contribution is 6.01. The Labute approximate surface area is 180 Å². The maximum atomic E-state index is 12.5. The van der Waals surface area contributed by atoms with Gasteiger partial charge in [-0.1, -0.05) is 35.9 Å². The van der Waals surface area contributed by atoms with E-state index in [9.17, 15) is 4.79 Å². The number of hydrogen-bond acceptors (Lipinski definition) is 5. The first-order valence-electron chi connectivity index (χ1n) is 9.85. The van der Waals surface area contributed by atoms with Crippen LogP contribution in [0.5, 0.6) is 11.5 Å². The molecule has 0 saturated carbocycles. The van der Waals surface area contributed by atoms with Gasteiger partial charge in [0.05, 0.1) is 13.7 Å². The maximum absolute atomic E-state index is 12.5. The molecule has 0 aliphatic rings. The lowest BCUT2D eigenvalue weighted by molar-refractivity contribution is 0.0992. The summed E-state index contributed by atoms with van der Waals surface area (Å²) in [6, 6.07) is 20.6. The number of nitrogens with one attached hydrogen (secondary N) is 1. The predicted octanol–water partition coefficient (Wildman–Crippen LogP) is 4.67. The second-order valence-electron chi connectivity index (χ2n) is 7.08. The van der Waals surface area contributed by atoms with Gasteiger partial charge in [0, 0.05) is 18.3 Å². The third kappa shape index (κ3) is 5.33. The molecule has 0 bridgehead atoms. The Morgan fingerprint density at radius 3 is 2.74 bits per heavy atom. The van der Waals surface area contributed by atoms with Crippen molar-refractivity contribution < 1.29 is 18.7 Å². The van der Waals surface area contributed by atoms with Crippen LogP contribution in [0.2, 0.25) is 0 Å². The SMILES string of the molecule is COc1cccc(OCc2ccc(C(=O)Nc3ccn(Cc4cccc(C)c4)n3)o2)c1. The topological polar surface area (TPSA) is 78.5 Å². The number of aromatic nitrogens is 2. The standard InChI is InChI=1S/C24H23N3O4/c1-17-5-3-6-18(13-17)15-27-12-11-23(26-27)25-24(28)22-10-9-21(31-22)16-30-20-8-4-7-19(14-20)29-2/h3-14H,15-16H2,1-2H3,(H,25,26,28). The van der Waals surface area contributed by atoms with Crippen LogP contribution in [-0.2, 0) is 13.2 Å². The number of carbonyl (C=O) groups excluding carboxylic acids is 1. The molecule has 4 rings (SSSR count). The van der Waals surface area contributed by atoms with Gasteiger partial charge in [0.15, 0.2) is 11.6 Å². The molecule has 7 nitrogen and oxygen atoms in total. The fraction of sp³-hybridized carbons (Fsp3) is 0.167. The number of anilines is 1. The van der Waals surface area contributed by atoms with E-state index in [4.69, 9.17) is 13.9 Å². The minimum atomic E-state index is -0.367. The first-order valence-corrected chi connectivity index (χ1v) is 9.85. The van der Waals surface area contributed by atoms with Crippen LogP contribution < -0.4 is 14.8 Å². The first kappa shape index (κ1) is 20.3. The van der Waals surface area contributed by atoms with Crippen molar-refractivity contribution >= 4 is 11.7 Å². The van der Waals surface area contributed by atoms with Gasteiger partial charge >= 0.3 is 0 Å². The summed E-state index contributed by atoms with van der Waals surface area (Å²) in [6.07, 6.45) is 1.83. The fourth-order valence-corrected chi connectivity index (χ4v) is 3.11. The minimum absolute atomic E-state index is 0.192. The molecule has 1 N–H and O–H groups in total. The molecule has 0 aliphatic carbocycles. The average Bonchev–Trinajstić information content (AvgIpc) is 3.42. The molecule has 2 aromatic heterocycles. The van der Waals surface area contributed by atoms with Gasteiger partial charge in [-0.05, 0) is 36.8 Å². The fourth-order valence-electron chi connectivity index (χ4n) is 3.11. The molecule has 0 aliphatic heterocycles. The van der Waals surface area contributed by atoms with Gasteiger partial charge in [0.1, 0.15) is 23.9 Å². The Hall–Kier alpha value is -4.00. The second-order valence-corrected chi connectivity index (χ2v) is 7.08. The van der Waals surface area contributed by atoms with Crippen LogP contribution in [0.15, 0.2) is 77.3 Å². The van der Waals surface area contributed by atoms with Crippen LogP contribution in [0.25, 0.3) is 0 Å². The molecule has 0 atom stereocenters. The number of aryl methyl sites for hydroxylation is 1. The van der Waals surface area contributed by atoms with Gasteiger partial charge < -0.3 is 19.2 Å². The number of hydrogen-bond donors (Lipinski definition) is 1. The van der Waals surface area contributed by atoms with Gasteiger partial charge in [-0.25, -0.2) is 0 Å². The highest BCUT2D eigenvalue weighted by Gasteiger charge is 2.13. The van der Waals surface area contributed by atoms with Gasteiger partial charge in [-0.3, -0.25) is 9.48 Å². The highest BCUT2D eigenvalue weighted by Crippen LogP contribution is 2.20. The normalized spacial score (nSPS) is 10.6. The molecule has 2 heterocycles. The molecular weight excluding hydrogens is 394 g/mol. The third-order valence-electron chi connectivity index (χ3n) is 4.62. The second kappa shape index (κ2) is 9.21. The summed E-state index contributed by atoms with van der Waals surface area (Å²) in [5.74, 6) is 2.19. The van der Waals surface area contributed by atoms with Gasteiger partial charge in [0.25, 0.3) is 5.91 Å². The highest BCUT2D eigenvalue weighted by atomic mass is 16.5. The number of carbonyl (C=O) groups is 1. The number of amides is 1. The molecule has 2 aromatic carbocycles. The molecule has 0 spiro atoms. The Morgan fingerprint density at radius 1 is 1.06 bits per heavy atom. The zero-order chi connectivity index (χ0) is 21.6. The predicted molar refractivity (Wildman–Crippen MR) is 116 cm³/mol. The Morgan fingerprint density at radius 2 is 1.90 bits per heavy atom. The third-order valence-corrected chi connectivity index (χ3v) is 4.62. The summed E-state index contributed by atoms with van der Waals surface area (Å²) >= 11 is 0. The first-order chi connectivity index (χ1) is 15.1. The number of rotatable bonds is 8. The van der Waals surface area contributed by atoms with E-state index in [0.717, 1.165) is 5.56 Å². The molecular formula is C24H23N3O4. The van der Waals surface area contributed by atoms with Crippen LogP contribution in [0.1, 0.15) is 27.4 Å². The van der Waals surface area contributed by atoms with E-state index in [1.54, 1.807) is 36.1 Å². The smallest absolute Gasteiger partial charge is 0.292 e. The molecule has 4 aromatic rings. The van der Waals surface area contributed by atoms with Crippen molar-refractivity contribution in [1.29, 1.82) is 0 Å². The van der Waals surface area contributed by atoms with E-state index in [1.165, 1.54) is 5.56 Å². The van der Waals surface area contributed by atoms with E-state index in [1.807, 2.05) is 36.5 Å². The van der Waals surface area contributed by atoms with Crippen molar-refractivity contribution in [2.24, 2.45) is 0 Å². The van der Waals surface area contributed by atoms with Crippen LogP contribution >= 0.6 is 0 Å². The van der Waals surface area contributed by atoms with E-state index >= 15 is 0 Å². The zero-order valence-corrected chi connectivity index (χ0v) is 17.4. The molecule has 0 fully saturated rings. The number of furan rings is 1. The molecule has 1 amide bonds. The lowest BCUT2D eigenvalue weighted by atomic mass is 10.1. The van der Waals surface area contributed by atoms with E-state index < -0.39 is 0 Å². The maximum Gasteiger partial charge on any atom is 0.292 e. The summed E-state index contributed by atoms with van der Waals surface area (Å²) in [4.78, 5) is 12.5. The van der Waals surface area contributed by atoms with Gasteiger partial charge in [-0.15, -0.1) is 0 Å². The number of benzene rings is 2. The van der Waals surface area contributed by atoms with Crippen LogP contribution in [0.4, 0.5) is 5.82 Å². The van der Waals surface area contributed by atoms with E-state index in [2.05, 4.69) is 29.5 Å². The Kier molecular flexibility index (Phi) is 6.03. The minimum Gasteiger partial charge on any atom is -0.497 e. The van der Waals surface area contributed by atoms with Crippen LogP contribution in [-0.4, -0.2) is 22.8 Å². The van der Waals surface area contributed by atoms with Crippen molar-refractivity contribution in [2.75, 3.05) is 12.4 Å². The molecule has 7 heteroatoms. The molecule has 0 radical (unpaired) electrons. The van der Waals surface area contributed by atoms with E-state index in [0.29, 0.717) is 29.6 Å². The summed E-state index contributed by atoms with van der Waals surface area (Å²) in [6.45, 7) is 2.88. The van der Waals surface area contributed by atoms with Gasteiger partial charge in [0.2, 0.25) is 0 Å². The average molecular weight is 417 g/mol. The number of ether oxygens (including phenoxy) is 2. The molecule has 158 valence electrons. The monoisotopic (exact) mass is 417 g/mol. The lowest BCUT2D eigenvalue weighted by Gasteiger charge is -2.06. The van der Waals surface area contributed by atoms with Gasteiger partial charge in [-0.2, -0.15) is 5.10 Å². The molecule has 31 heavy (non-hydrogen) atoms. The van der Waals surface area contributed by atoms with E-state index in [-0.39, 0.29) is 18.3 Å². The number of methoxy groups -OCH3 is 1. The van der Waals surface area contributed by atoms with Crippen LogP contribution in [0.3, 0.4) is 0 Å². The van der Waals surface area contributed by atoms with Crippen molar-refractivity contribution in [3.8, 4) is 11.5 Å². The quantitative estimate of drug-likeness (QED) is 0.451. The molecule has 0 unspecified atom stereocenters. The summed E-state index contributed by atoms with van der Waals surface area (Å²) in [5.41, 5.74) is 2.34. The van der Waals surface area contributed by atoms with Crippen molar-refractivity contribution in [1.82, 2.24) is 9.78 Å². The summed E-state index contributed by atoms with van der Waals surface area (Å²) in [7, 11) is 1.60. The number of nitrogens with zero attached hydrogens (tertiary/aromatic N) is 2.